The fourth-order valence-electron chi connectivity index (χ4n) is 2.61. The molecule has 1 saturated heterocycles. The molecule has 2 aromatic carbocycles. The Bertz CT molecular complexity index is 1090. The van der Waals surface area contributed by atoms with Gasteiger partial charge in [-0.25, -0.2) is 14.5 Å². The van der Waals surface area contributed by atoms with Crippen LogP contribution in [0.15, 0.2) is 42.0 Å². The van der Waals surface area contributed by atoms with E-state index in [2.05, 4.69) is 5.32 Å². The van der Waals surface area contributed by atoms with Crippen molar-refractivity contribution in [1.29, 1.82) is 0 Å². The molecule has 0 saturated carbocycles. The Labute approximate surface area is 202 Å². The molecule has 3 rings (SSSR count). The Morgan fingerprint density at radius 1 is 1.17 bits per heavy atom. The first-order valence-electron chi connectivity index (χ1n) is 8.18. The number of carbonyl (C=O) groups excluding carboxylic acids is 3. The molecule has 0 aliphatic carbocycles. The van der Waals surface area contributed by atoms with Gasteiger partial charge >= 0.3 is 12.0 Å². The minimum Gasteiger partial charge on any atom is -0.480 e. The van der Waals surface area contributed by atoms with Crippen molar-refractivity contribution in [2.45, 2.75) is 0 Å². The highest BCUT2D eigenvalue weighted by atomic mass is 127. The molecule has 0 aromatic heterocycles. The van der Waals surface area contributed by atoms with Crippen LogP contribution < -0.4 is 15.0 Å². The Morgan fingerprint density at radius 3 is 2.43 bits per heavy atom. The van der Waals surface area contributed by atoms with E-state index in [1.807, 2.05) is 45.2 Å². The summed E-state index contributed by atoms with van der Waals surface area (Å²) in [6.45, 7) is -0.496. The number of imide groups is 2. The molecular formula is C19H11ClI2N2O6. The Balaban J connectivity index is 1.97. The van der Waals surface area contributed by atoms with E-state index in [0.29, 0.717) is 23.5 Å². The van der Waals surface area contributed by atoms with Gasteiger partial charge in [0, 0.05) is 5.02 Å². The predicted octanol–water partition coefficient (Wildman–Crippen LogP) is 3.68. The Morgan fingerprint density at radius 2 is 1.83 bits per heavy atom. The van der Waals surface area contributed by atoms with Gasteiger partial charge in [-0.2, -0.15) is 0 Å². The number of nitrogens with zero attached hydrogens (tertiary/aromatic N) is 1. The summed E-state index contributed by atoms with van der Waals surface area (Å²) < 4.78 is 6.46. The van der Waals surface area contributed by atoms with Crippen molar-refractivity contribution in [3.05, 3.63) is 59.7 Å². The third-order valence-corrected chi connectivity index (χ3v) is 5.68. The second kappa shape index (κ2) is 9.31. The quantitative estimate of drug-likeness (QED) is 0.290. The Kier molecular flexibility index (Phi) is 6.98. The van der Waals surface area contributed by atoms with Gasteiger partial charge in [-0.05, 0) is 87.2 Å². The summed E-state index contributed by atoms with van der Waals surface area (Å²) in [4.78, 5) is 49.0. The molecule has 30 heavy (non-hydrogen) atoms. The fraction of sp³-hybridized carbons (Fsp3) is 0.0526. The summed E-state index contributed by atoms with van der Waals surface area (Å²) >= 11 is 9.88. The number of urea groups is 1. The van der Waals surface area contributed by atoms with Crippen molar-refractivity contribution in [3.8, 4) is 5.75 Å². The predicted molar refractivity (Wildman–Crippen MR) is 125 cm³/mol. The third kappa shape index (κ3) is 4.92. The average molecular weight is 653 g/mol. The van der Waals surface area contributed by atoms with E-state index in [4.69, 9.17) is 21.4 Å². The number of hydrogen-bond donors (Lipinski definition) is 2. The molecular weight excluding hydrogens is 641 g/mol. The van der Waals surface area contributed by atoms with Crippen LogP contribution in [0, 0.1) is 7.14 Å². The number of aliphatic carboxylic acids is 1. The fourth-order valence-corrected chi connectivity index (χ4v) is 4.92. The lowest BCUT2D eigenvalue weighted by Gasteiger charge is -2.26. The molecule has 11 heteroatoms. The highest BCUT2D eigenvalue weighted by Crippen LogP contribution is 2.31. The monoisotopic (exact) mass is 652 g/mol. The maximum Gasteiger partial charge on any atom is 0.341 e. The minimum atomic E-state index is -1.11. The van der Waals surface area contributed by atoms with E-state index in [0.717, 1.165) is 4.90 Å². The van der Waals surface area contributed by atoms with Crippen LogP contribution in [0.1, 0.15) is 5.56 Å². The molecule has 0 bridgehead atoms. The van der Waals surface area contributed by atoms with Gasteiger partial charge in [-0.3, -0.25) is 14.9 Å². The van der Waals surface area contributed by atoms with Crippen LogP contribution in [0.2, 0.25) is 5.02 Å². The van der Waals surface area contributed by atoms with Gasteiger partial charge in [-0.15, -0.1) is 0 Å². The molecule has 2 N–H and O–H groups in total. The normalized spacial score (nSPS) is 15.4. The number of ether oxygens (including phenoxy) is 1. The number of carbonyl (C=O) groups is 4. The molecule has 8 nitrogen and oxygen atoms in total. The third-order valence-electron chi connectivity index (χ3n) is 3.84. The lowest BCUT2D eigenvalue weighted by molar-refractivity contribution is -0.139. The van der Waals surface area contributed by atoms with E-state index in [-0.39, 0.29) is 11.3 Å². The van der Waals surface area contributed by atoms with E-state index in [1.54, 1.807) is 24.3 Å². The highest BCUT2D eigenvalue weighted by molar-refractivity contribution is 14.1. The summed E-state index contributed by atoms with van der Waals surface area (Å²) in [5.74, 6) is -2.33. The average Bonchev–Trinajstić information content (AvgIpc) is 2.64. The number of rotatable bonds is 5. The number of amides is 4. The number of anilines is 1. The summed E-state index contributed by atoms with van der Waals surface area (Å²) in [7, 11) is 0. The van der Waals surface area contributed by atoms with Crippen LogP contribution >= 0.6 is 56.8 Å². The number of halogens is 3. The molecule has 1 heterocycles. The number of carboxylic acids is 1. The summed E-state index contributed by atoms with van der Waals surface area (Å²) in [6, 6.07) is 8.53. The smallest absolute Gasteiger partial charge is 0.341 e. The van der Waals surface area contributed by atoms with Gasteiger partial charge in [0.25, 0.3) is 11.8 Å². The largest absolute Gasteiger partial charge is 0.480 e. The summed E-state index contributed by atoms with van der Waals surface area (Å²) in [5.41, 5.74) is 0.496. The lowest BCUT2D eigenvalue weighted by atomic mass is 10.1. The van der Waals surface area contributed by atoms with Gasteiger partial charge in [-0.1, -0.05) is 17.7 Å². The van der Waals surface area contributed by atoms with Crippen LogP contribution in [0.5, 0.6) is 5.75 Å². The number of carboxylic acid groups (broad SMARTS) is 1. The molecule has 0 radical (unpaired) electrons. The lowest BCUT2D eigenvalue weighted by Crippen LogP contribution is -2.54. The van der Waals surface area contributed by atoms with E-state index in [9.17, 15) is 19.2 Å². The van der Waals surface area contributed by atoms with E-state index >= 15 is 0 Å². The van der Waals surface area contributed by atoms with Crippen molar-refractivity contribution in [2.75, 3.05) is 11.5 Å². The summed E-state index contributed by atoms with van der Waals surface area (Å²) in [5, 5.41) is 11.3. The molecule has 4 amide bonds. The molecule has 0 unspecified atom stereocenters. The first-order valence-corrected chi connectivity index (χ1v) is 10.7. The highest BCUT2D eigenvalue weighted by Gasteiger charge is 2.36. The second-order valence-corrected chi connectivity index (χ2v) is 8.69. The van der Waals surface area contributed by atoms with Gasteiger partial charge in [0.05, 0.1) is 12.8 Å². The number of nitrogens with one attached hydrogen (secondary N) is 1. The van der Waals surface area contributed by atoms with Crippen molar-refractivity contribution in [2.24, 2.45) is 0 Å². The standard InChI is InChI=1S/C19H11ClI2N2O6/c20-10-2-1-3-11(7-10)24-18(28)12(17(27)23-19(24)29)4-9-5-13(21)16(14(22)6-9)30-8-15(25)26/h1-7H,8H2,(H,25,26)(H,23,27,29)/b12-4+. The first kappa shape index (κ1) is 22.5. The van der Waals surface area contributed by atoms with Crippen molar-refractivity contribution in [1.82, 2.24) is 5.32 Å². The van der Waals surface area contributed by atoms with Crippen LogP contribution in [0.4, 0.5) is 10.5 Å². The van der Waals surface area contributed by atoms with Crippen LogP contribution in [-0.4, -0.2) is 35.5 Å². The maximum atomic E-state index is 12.9. The van der Waals surface area contributed by atoms with E-state index < -0.39 is 30.4 Å². The second-order valence-electron chi connectivity index (χ2n) is 5.93. The van der Waals surface area contributed by atoms with Crippen LogP contribution in [-0.2, 0) is 14.4 Å². The van der Waals surface area contributed by atoms with Gasteiger partial charge in [0.15, 0.2) is 6.61 Å². The SMILES string of the molecule is O=C(O)COc1c(I)cc(/C=C2\C(=O)NC(=O)N(c3cccc(Cl)c3)C2=O)cc1I. The first-order chi connectivity index (χ1) is 14.2. The molecule has 1 aliphatic rings. The molecule has 1 fully saturated rings. The topological polar surface area (TPSA) is 113 Å². The zero-order valence-electron chi connectivity index (χ0n) is 14.8. The molecule has 0 spiro atoms. The Hall–Kier alpha value is -2.19. The zero-order chi connectivity index (χ0) is 22.0. The molecule has 0 atom stereocenters. The molecule has 2 aromatic rings. The van der Waals surface area contributed by atoms with Gasteiger partial charge in [0.2, 0.25) is 0 Å². The van der Waals surface area contributed by atoms with Crippen molar-refractivity contribution >= 4 is 92.4 Å². The van der Waals surface area contributed by atoms with Gasteiger partial charge in [0.1, 0.15) is 11.3 Å². The van der Waals surface area contributed by atoms with Gasteiger partial charge < -0.3 is 9.84 Å². The zero-order valence-corrected chi connectivity index (χ0v) is 19.9. The molecule has 154 valence electrons. The minimum absolute atomic E-state index is 0.227. The summed E-state index contributed by atoms with van der Waals surface area (Å²) in [6.07, 6.45) is 1.35. The maximum absolute atomic E-state index is 12.9. The van der Waals surface area contributed by atoms with Crippen molar-refractivity contribution < 1.29 is 29.0 Å². The van der Waals surface area contributed by atoms with Crippen LogP contribution in [0.25, 0.3) is 6.08 Å². The number of hydrogen-bond acceptors (Lipinski definition) is 5. The van der Waals surface area contributed by atoms with Crippen molar-refractivity contribution in [3.63, 3.8) is 0 Å². The number of benzene rings is 2. The molecule has 1 aliphatic heterocycles. The van der Waals surface area contributed by atoms with Crippen LogP contribution in [0.3, 0.4) is 0 Å². The van der Waals surface area contributed by atoms with E-state index in [1.165, 1.54) is 18.2 Å². The number of barbiturate groups is 1.